The van der Waals surface area contributed by atoms with Crippen LogP contribution in [0.25, 0.3) is 0 Å². The fourth-order valence-corrected chi connectivity index (χ4v) is 4.09. The summed E-state index contributed by atoms with van der Waals surface area (Å²) in [5.74, 6) is 0.251. The van der Waals surface area contributed by atoms with Crippen molar-refractivity contribution in [1.29, 1.82) is 0 Å². The van der Waals surface area contributed by atoms with Crippen molar-refractivity contribution in [2.45, 2.75) is 26.2 Å². The Morgan fingerprint density at radius 2 is 2.19 bits per heavy atom. The van der Waals surface area contributed by atoms with Crippen LogP contribution in [-0.2, 0) is 0 Å². The lowest BCUT2D eigenvalue weighted by Crippen LogP contribution is -2.36. The van der Waals surface area contributed by atoms with Crippen molar-refractivity contribution in [3.8, 4) is 6.01 Å². The fourth-order valence-electron chi connectivity index (χ4n) is 4.09. The molecular weight excluding hydrogens is 334 g/mol. The zero-order chi connectivity index (χ0) is 18.1. The van der Waals surface area contributed by atoms with Crippen LogP contribution in [0, 0.1) is 18.3 Å². The van der Waals surface area contributed by atoms with E-state index in [0.717, 1.165) is 24.8 Å². The molecule has 2 atom stereocenters. The number of nitrogens with zero attached hydrogens (tertiary/aromatic N) is 4. The van der Waals surface area contributed by atoms with Gasteiger partial charge in [0.25, 0.3) is 11.5 Å². The molecule has 26 heavy (non-hydrogen) atoms. The smallest absolute Gasteiger partial charge is 0.316 e. The van der Waals surface area contributed by atoms with Crippen molar-refractivity contribution >= 4 is 5.91 Å². The summed E-state index contributed by atoms with van der Waals surface area (Å²) in [6, 6.07) is 3.17. The molecule has 0 bridgehead atoms. The SMILES string of the molecule is Cc1cnc(OCC23CCCC2CN(C(=O)c2ccc(=O)[nH]n2)C3)nc1. The van der Waals surface area contributed by atoms with Crippen molar-refractivity contribution in [3.05, 3.63) is 46.1 Å². The lowest BCUT2D eigenvalue weighted by molar-refractivity contribution is 0.0735. The number of aryl methyl sites for hydroxylation is 1. The highest BCUT2D eigenvalue weighted by atomic mass is 16.5. The van der Waals surface area contributed by atoms with Crippen LogP contribution in [0.1, 0.15) is 35.3 Å². The zero-order valence-corrected chi connectivity index (χ0v) is 14.6. The van der Waals surface area contributed by atoms with E-state index in [-0.39, 0.29) is 22.6 Å². The fraction of sp³-hybridized carbons (Fsp3) is 0.500. The van der Waals surface area contributed by atoms with E-state index in [9.17, 15) is 9.59 Å². The second kappa shape index (κ2) is 6.51. The Morgan fingerprint density at radius 1 is 1.38 bits per heavy atom. The monoisotopic (exact) mass is 355 g/mol. The maximum Gasteiger partial charge on any atom is 0.316 e. The minimum atomic E-state index is -0.317. The molecule has 1 amide bonds. The number of aromatic amines is 1. The summed E-state index contributed by atoms with van der Waals surface area (Å²) < 4.78 is 5.88. The van der Waals surface area contributed by atoms with Gasteiger partial charge in [-0.1, -0.05) is 6.42 Å². The molecule has 1 saturated carbocycles. The largest absolute Gasteiger partial charge is 0.463 e. The van der Waals surface area contributed by atoms with E-state index in [0.29, 0.717) is 31.6 Å². The third kappa shape index (κ3) is 3.07. The number of carbonyl (C=O) groups excluding carboxylic acids is 1. The summed E-state index contributed by atoms with van der Waals surface area (Å²) in [4.78, 5) is 34.1. The highest BCUT2D eigenvalue weighted by molar-refractivity contribution is 5.92. The van der Waals surface area contributed by atoms with Gasteiger partial charge in [0.15, 0.2) is 0 Å². The topological polar surface area (TPSA) is 101 Å². The van der Waals surface area contributed by atoms with Gasteiger partial charge in [-0.3, -0.25) is 9.59 Å². The number of carbonyl (C=O) groups is 1. The zero-order valence-electron chi connectivity index (χ0n) is 14.6. The van der Waals surface area contributed by atoms with Crippen LogP contribution in [-0.4, -0.2) is 50.7 Å². The average Bonchev–Trinajstić information content (AvgIpc) is 3.19. The molecule has 1 N–H and O–H groups in total. The molecule has 0 radical (unpaired) electrons. The quantitative estimate of drug-likeness (QED) is 0.884. The van der Waals surface area contributed by atoms with Gasteiger partial charge in [0.05, 0.1) is 6.61 Å². The summed E-state index contributed by atoms with van der Waals surface area (Å²) in [6.45, 7) is 3.76. The Bertz CT molecular complexity index is 845. The van der Waals surface area contributed by atoms with Crippen molar-refractivity contribution in [3.63, 3.8) is 0 Å². The lowest BCUT2D eigenvalue weighted by atomic mass is 9.82. The van der Waals surface area contributed by atoms with Crippen molar-refractivity contribution in [2.75, 3.05) is 19.7 Å². The predicted octanol–water partition coefficient (Wildman–Crippen LogP) is 1.19. The molecule has 2 aromatic heterocycles. The van der Waals surface area contributed by atoms with Crippen LogP contribution in [0.15, 0.2) is 29.3 Å². The maximum absolute atomic E-state index is 12.7. The number of ether oxygens (including phenoxy) is 1. The van der Waals surface area contributed by atoms with Gasteiger partial charge in [-0.2, -0.15) is 5.10 Å². The van der Waals surface area contributed by atoms with Crippen LogP contribution in [0.4, 0.5) is 0 Å². The number of nitrogens with one attached hydrogen (secondary N) is 1. The standard InChI is InChI=1S/C18H21N5O3/c1-12-7-19-17(20-8-12)26-11-18-6-2-3-13(18)9-23(10-18)16(25)14-4-5-15(24)22-21-14/h4-5,7-8,13H,2-3,6,9-11H2,1H3,(H,22,24). The Labute approximate surface area is 150 Å². The van der Waals surface area contributed by atoms with Crippen LogP contribution in [0.2, 0.25) is 0 Å². The van der Waals surface area contributed by atoms with Gasteiger partial charge in [-0.05, 0) is 37.3 Å². The van der Waals surface area contributed by atoms with Crippen molar-refractivity contribution in [2.24, 2.45) is 11.3 Å². The van der Waals surface area contributed by atoms with Crippen LogP contribution >= 0.6 is 0 Å². The summed E-state index contributed by atoms with van der Waals surface area (Å²) in [5, 5.41) is 6.18. The molecule has 2 aromatic rings. The molecule has 1 aliphatic carbocycles. The third-order valence-electron chi connectivity index (χ3n) is 5.47. The Balaban J connectivity index is 1.47. The summed E-state index contributed by atoms with van der Waals surface area (Å²) in [7, 11) is 0. The van der Waals surface area contributed by atoms with Gasteiger partial charge in [-0.15, -0.1) is 0 Å². The molecule has 8 nitrogen and oxygen atoms in total. The molecule has 0 aromatic carbocycles. The predicted molar refractivity (Wildman–Crippen MR) is 92.8 cm³/mol. The Kier molecular flexibility index (Phi) is 4.18. The average molecular weight is 355 g/mol. The van der Waals surface area contributed by atoms with E-state index in [1.54, 1.807) is 12.4 Å². The highest BCUT2D eigenvalue weighted by Gasteiger charge is 2.51. The molecule has 8 heteroatoms. The first-order valence-corrected chi connectivity index (χ1v) is 8.82. The summed E-state index contributed by atoms with van der Waals surface area (Å²) in [5.41, 5.74) is 0.872. The van der Waals surface area contributed by atoms with Crippen molar-refractivity contribution < 1.29 is 9.53 Å². The summed E-state index contributed by atoms with van der Waals surface area (Å²) in [6.07, 6.45) is 6.71. The van der Waals surface area contributed by atoms with Crippen LogP contribution < -0.4 is 10.3 Å². The molecule has 0 spiro atoms. The van der Waals surface area contributed by atoms with Gasteiger partial charge >= 0.3 is 6.01 Å². The van der Waals surface area contributed by atoms with E-state index < -0.39 is 0 Å². The minimum Gasteiger partial charge on any atom is -0.463 e. The van der Waals surface area contributed by atoms with Crippen LogP contribution in [0.5, 0.6) is 6.01 Å². The third-order valence-corrected chi connectivity index (χ3v) is 5.47. The molecule has 4 rings (SSSR count). The number of hydrogen-bond acceptors (Lipinski definition) is 6. The normalized spacial score (nSPS) is 24.5. The molecule has 3 heterocycles. The molecule has 2 aliphatic rings. The number of aromatic nitrogens is 4. The van der Waals surface area contributed by atoms with Crippen molar-refractivity contribution in [1.82, 2.24) is 25.1 Å². The summed E-state index contributed by atoms with van der Waals surface area (Å²) >= 11 is 0. The second-order valence-electron chi connectivity index (χ2n) is 7.28. The number of hydrogen-bond donors (Lipinski definition) is 1. The van der Waals surface area contributed by atoms with Gasteiger partial charge in [-0.25, -0.2) is 15.1 Å². The first kappa shape index (κ1) is 16.7. The number of likely N-dealkylation sites (tertiary alicyclic amines) is 1. The maximum atomic E-state index is 12.7. The van der Waals surface area contributed by atoms with E-state index >= 15 is 0 Å². The van der Waals surface area contributed by atoms with E-state index in [4.69, 9.17) is 4.74 Å². The number of rotatable bonds is 4. The van der Waals surface area contributed by atoms with Gasteiger partial charge in [0.1, 0.15) is 5.69 Å². The molecule has 2 fully saturated rings. The number of H-pyrrole nitrogens is 1. The van der Waals surface area contributed by atoms with Crippen LogP contribution in [0.3, 0.4) is 0 Å². The minimum absolute atomic E-state index is 0.0634. The van der Waals surface area contributed by atoms with E-state index in [2.05, 4.69) is 20.2 Å². The van der Waals surface area contributed by atoms with Gasteiger partial charge in [0.2, 0.25) is 0 Å². The first-order valence-electron chi connectivity index (χ1n) is 8.82. The van der Waals surface area contributed by atoms with Gasteiger partial charge in [0, 0.05) is 37.0 Å². The molecule has 2 unspecified atom stereocenters. The number of fused-ring (bicyclic) bond motifs is 1. The molecule has 1 saturated heterocycles. The lowest BCUT2D eigenvalue weighted by Gasteiger charge is -2.28. The first-order chi connectivity index (χ1) is 12.6. The Hall–Kier alpha value is -2.77. The Morgan fingerprint density at radius 3 is 2.92 bits per heavy atom. The van der Waals surface area contributed by atoms with Gasteiger partial charge < -0.3 is 9.64 Å². The molecular formula is C18H21N5O3. The van der Waals surface area contributed by atoms with E-state index in [1.165, 1.54) is 12.1 Å². The second-order valence-corrected chi connectivity index (χ2v) is 7.28. The highest BCUT2D eigenvalue weighted by Crippen LogP contribution is 2.49. The number of amides is 1. The molecule has 1 aliphatic heterocycles. The molecule has 136 valence electrons. The van der Waals surface area contributed by atoms with E-state index in [1.807, 2.05) is 11.8 Å².